The molecule has 0 aliphatic rings. The van der Waals surface area contributed by atoms with Crippen LogP contribution in [0.3, 0.4) is 0 Å². The van der Waals surface area contributed by atoms with Gasteiger partial charge in [-0.1, -0.05) is 44.2 Å². The van der Waals surface area contributed by atoms with E-state index in [1.165, 1.54) is 0 Å². The van der Waals surface area contributed by atoms with Gasteiger partial charge in [-0.2, -0.15) is 0 Å². The molecule has 3 heteroatoms. The Hall–Kier alpha value is -2.03. The summed E-state index contributed by atoms with van der Waals surface area (Å²) in [6.07, 6.45) is -0.0193. The van der Waals surface area contributed by atoms with E-state index in [1.807, 2.05) is 44.2 Å². The molecule has 0 saturated carbocycles. The molecule has 18 heavy (non-hydrogen) atoms. The minimum atomic E-state index is -0.868. The standard InChI is InChI=1S/C15H16O3/c1-15(2,9-13(17)18)14-11-6-4-3-5-10(11)7-8-12(14)16/h3-8,16H,9H2,1-2H3,(H,17,18). The molecule has 0 atom stereocenters. The predicted octanol–water partition coefficient (Wildman–Crippen LogP) is 3.30. The molecule has 3 nitrogen and oxygen atoms in total. The minimum Gasteiger partial charge on any atom is -0.508 e. The van der Waals surface area contributed by atoms with Gasteiger partial charge >= 0.3 is 5.97 Å². The maximum atomic E-state index is 11.0. The molecule has 0 unspecified atom stereocenters. The lowest BCUT2D eigenvalue weighted by molar-refractivity contribution is -0.138. The van der Waals surface area contributed by atoms with Gasteiger partial charge in [0.25, 0.3) is 0 Å². The van der Waals surface area contributed by atoms with E-state index in [2.05, 4.69) is 0 Å². The van der Waals surface area contributed by atoms with Crippen LogP contribution in [0.5, 0.6) is 5.75 Å². The van der Waals surface area contributed by atoms with E-state index in [0.717, 1.165) is 10.8 Å². The second-order valence-corrected chi connectivity index (χ2v) is 5.14. The van der Waals surface area contributed by atoms with Gasteiger partial charge < -0.3 is 10.2 Å². The van der Waals surface area contributed by atoms with Crippen LogP contribution < -0.4 is 0 Å². The molecule has 0 aromatic heterocycles. The van der Waals surface area contributed by atoms with Gasteiger partial charge in [0.1, 0.15) is 5.75 Å². The van der Waals surface area contributed by atoms with Crippen molar-refractivity contribution in [3.63, 3.8) is 0 Å². The Kier molecular flexibility index (Phi) is 2.99. The van der Waals surface area contributed by atoms with Crippen LogP contribution in [0.1, 0.15) is 25.8 Å². The molecule has 2 aromatic carbocycles. The quantitative estimate of drug-likeness (QED) is 0.871. The van der Waals surface area contributed by atoms with E-state index in [9.17, 15) is 9.90 Å². The van der Waals surface area contributed by atoms with Gasteiger partial charge in [0.2, 0.25) is 0 Å². The molecular formula is C15H16O3. The van der Waals surface area contributed by atoms with Crippen molar-refractivity contribution in [2.45, 2.75) is 25.7 Å². The average molecular weight is 244 g/mol. The third-order valence-corrected chi connectivity index (χ3v) is 3.18. The third-order valence-electron chi connectivity index (χ3n) is 3.18. The van der Waals surface area contributed by atoms with E-state index in [0.29, 0.717) is 5.56 Å². The summed E-state index contributed by atoms with van der Waals surface area (Å²) in [6.45, 7) is 3.67. The SMILES string of the molecule is CC(C)(CC(=O)O)c1c(O)ccc2ccccc12. The van der Waals surface area contributed by atoms with Gasteiger partial charge in [-0.15, -0.1) is 0 Å². The molecular weight excluding hydrogens is 228 g/mol. The Bertz CT molecular complexity index is 600. The number of phenols is 1. The van der Waals surface area contributed by atoms with Crippen LogP contribution in [0.4, 0.5) is 0 Å². The van der Waals surface area contributed by atoms with Crippen LogP contribution in [-0.2, 0) is 10.2 Å². The fraction of sp³-hybridized carbons (Fsp3) is 0.267. The summed E-state index contributed by atoms with van der Waals surface area (Å²) in [5.41, 5.74) is 0.0829. The van der Waals surface area contributed by atoms with Crippen LogP contribution >= 0.6 is 0 Å². The maximum Gasteiger partial charge on any atom is 0.304 e. The van der Waals surface area contributed by atoms with Crippen molar-refractivity contribution < 1.29 is 15.0 Å². The zero-order valence-corrected chi connectivity index (χ0v) is 10.5. The highest BCUT2D eigenvalue weighted by molar-refractivity contribution is 5.89. The topological polar surface area (TPSA) is 57.5 Å². The number of rotatable bonds is 3. The number of aliphatic carboxylic acids is 1. The highest BCUT2D eigenvalue weighted by Gasteiger charge is 2.28. The number of carboxylic acid groups (broad SMARTS) is 1. The first-order valence-corrected chi connectivity index (χ1v) is 5.85. The van der Waals surface area contributed by atoms with Crippen LogP contribution in [-0.4, -0.2) is 16.2 Å². The molecule has 2 aromatic rings. The number of aromatic hydroxyl groups is 1. The molecule has 0 amide bonds. The van der Waals surface area contributed by atoms with Crippen LogP contribution in [0.15, 0.2) is 36.4 Å². The smallest absolute Gasteiger partial charge is 0.304 e. The number of hydrogen-bond donors (Lipinski definition) is 2. The molecule has 0 spiro atoms. The normalized spacial score (nSPS) is 11.7. The van der Waals surface area contributed by atoms with Gasteiger partial charge in [0.05, 0.1) is 6.42 Å². The van der Waals surface area contributed by atoms with Gasteiger partial charge in [-0.25, -0.2) is 0 Å². The highest BCUT2D eigenvalue weighted by Crippen LogP contribution is 2.39. The first-order chi connectivity index (χ1) is 8.42. The van der Waals surface area contributed by atoms with E-state index < -0.39 is 11.4 Å². The second-order valence-electron chi connectivity index (χ2n) is 5.14. The monoisotopic (exact) mass is 244 g/mol. The molecule has 0 aliphatic carbocycles. The average Bonchev–Trinajstić information content (AvgIpc) is 2.26. The Morgan fingerprint density at radius 3 is 2.50 bits per heavy atom. The fourth-order valence-corrected chi connectivity index (χ4v) is 2.44. The second kappa shape index (κ2) is 4.33. The summed E-state index contributed by atoms with van der Waals surface area (Å²) >= 11 is 0. The zero-order valence-electron chi connectivity index (χ0n) is 10.5. The van der Waals surface area contributed by atoms with Gasteiger partial charge in [0.15, 0.2) is 0 Å². The van der Waals surface area contributed by atoms with Gasteiger partial charge in [-0.05, 0) is 16.8 Å². The van der Waals surface area contributed by atoms with Crippen molar-refractivity contribution >= 4 is 16.7 Å². The molecule has 94 valence electrons. The molecule has 2 N–H and O–H groups in total. The Morgan fingerprint density at radius 2 is 1.83 bits per heavy atom. The molecule has 0 saturated heterocycles. The zero-order chi connectivity index (χ0) is 13.3. The molecule has 0 bridgehead atoms. The molecule has 2 rings (SSSR count). The van der Waals surface area contributed by atoms with Crippen molar-refractivity contribution in [3.05, 3.63) is 42.0 Å². The van der Waals surface area contributed by atoms with Crippen molar-refractivity contribution in [1.82, 2.24) is 0 Å². The predicted molar refractivity (Wildman–Crippen MR) is 70.9 cm³/mol. The van der Waals surface area contributed by atoms with Gasteiger partial charge in [-0.3, -0.25) is 4.79 Å². The lowest BCUT2D eigenvalue weighted by Crippen LogP contribution is -2.22. The van der Waals surface area contributed by atoms with Crippen molar-refractivity contribution in [1.29, 1.82) is 0 Å². The first-order valence-electron chi connectivity index (χ1n) is 5.85. The molecule has 0 fully saturated rings. The van der Waals surface area contributed by atoms with Crippen LogP contribution in [0, 0.1) is 0 Å². The third kappa shape index (κ3) is 2.16. The lowest BCUT2D eigenvalue weighted by atomic mass is 9.78. The Balaban J connectivity index is 2.69. The number of carbonyl (C=O) groups is 1. The highest BCUT2D eigenvalue weighted by atomic mass is 16.4. The Labute approximate surface area is 106 Å². The largest absolute Gasteiger partial charge is 0.508 e. The molecule has 0 heterocycles. The lowest BCUT2D eigenvalue weighted by Gasteiger charge is -2.25. The van der Waals surface area contributed by atoms with E-state index in [4.69, 9.17) is 5.11 Å². The van der Waals surface area contributed by atoms with Gasteiger partial charge in [0, 0.05) is 11.0 Å². The summed E-state index contributed by atoms with van der Waals surface area (Å²) in [6, 6.07) is 11.1. The summed E-state index contributed by atoms with van der Waals surface area (Å²) in [5, 5.41) is 21.0. The summed E-state index contributed by atoms with van der Waals surface area (Å²) in [5.74, 6) is -0.715. The Morgan fingerprint density at radius 1 is 1.17 bits per heavy atom. The number of phenolic OH excluding ortho intramolecular Hbond substituents is 1. The van der Waals surface area contributed by atoms with Crippen LogP contribution in [0.2, 0.25) is 0 Å². The molecule has 0 aliphatic heterocycles. The summed E-state index contributed by atoms with van der Waals surface area (Å²) < 4.78 is 0. The summed E-state index contributed by atoms with van der Waals surface area (Å²) in [4.78, 5) is 11.0. The van der Waals surface area contributed by atoms with Crippen LogP contribution in [0.25, 0.3) is 10.8 Å². The fourth-order valence-electron chi connectivity index (χ4n) is 2.44. The number of fused-ring (bicyclic) bond motifs is 1. The van der Waals surface area contributed by atoms with E-state index >= 15 is 0 Å². The van der Waals surface area contributed by atoms with E-state index in [-0.39, 0.29) is 12.2 Å². The van der Waals surface area contributed by atoms with Crippen molar-refractivity contribution in [2.75, 3.05) is 0 Å². The number of hydrogen-bond acceptors (Lipinski definition) is 2. The number of carboxylic acids is 1. The first kappa shape index (κ1) is 12.4. The van der Waals surface area contributed by atoms with Crippen molar-refractivity contribution in [3.8, 4) is 5.75 Å². The maximum absolute atomic E-state index is 11.0. The number of benzene rings is 2. The molecule has 0 radical (unpaired) electrons. The van der Waals surface area contributed by atoms with Crippen molar-refractivity contribution in [2.24, 2.45) is 0 Å². The van der Waals surface area contributed by atoms with E-state index in [1.54, 1.807) is 6.07 Å². The summed E-state index contributed by atoms with van der Waals surface area (Å²) in [7, 11) is 0. The minimum absolute atomic E-state index is 0.0193.